The molecule has 2 rings (SSSR count). The van der Waals surface area contributed by atoms with E-state index in [2.05, 4.69) is 0 Å². The fourth-order valence-electron chi connectivity index (χ4n) is 2.30. The van der Waals surface area contributed by atoms with Gasteiger partial charge in [-0.15, -0.1) is 0 Å². The summed E-state index contributed by atoms with van der Waals surface area (Å²) in [7, 11) is 0. The maximum absolute atomic E-state index is 13.7. The molecular weight excluding hydrogens is 353 g/mol. The van der Waals surface area contributed by atoms with Gasteiger partial charge < -0.3 is 5.11 Å². The molecular formula is C17H13F7O. The first-order valence-electron chi connectivity index (χ1n) is 7.11. The average molecular weight is 366 g/mol. The number of alkyl halides is 7. The van der Waals surface area contributed by atoms with Crippen molar-refractivity contribution in [3.05, 3.63) is 60.2 Å². The minimum atomic E-state index is -6.18. The van der Waals surface area contributed by atoms with E-state index in [1.165, 1.54) is 24.3 Å². The predicted octanol–water partition coefficient (Wildman–Crippen LogP) is 5.61. The maximum atomic E-state index is 13.7. The molecule has 2 aromatic rings. The zero-order chi connectivity index (χ0) is 18.9. The Morgan fingerprint density at radius 3 is 1.56 bits per heavy atom. The zero-order valence-corrected chi connectivity index (χ0v) is 12.6. The third kappa shape index (κ3) is 3.95. The van der Waals surface area contributed by atoms with E-state index in [0.717, 1.165) is 5.56 Å². The van der Waals surface area contributed by atoms with Crippen molar-refractivity contribution in [2.75, 3.05) is 0 Å². The summed E-state index contributed by atoms with van der Waals surface area (Å²) in [6, 6.07) is 14.0. The highest BCUT2D eigenvalue weighted by atomic mass is 19.4. The lowest BCUT2D eigenvalue weighted by Gasteiger charge is -2.31. The van der Waals surface area contributed by atoms with Crippen LogP contribution in [0.2, 0.25) is 0 Å². The maximum Gasteiger partial charge on any atom is 0.431 e. The Morgan fingerprint density at radius 1 is 0.680 bits per heavy atom. The number of rotatable bonds is 4. The lowest BCUT2D eigenvalue weighted by molar-refractivity contribution is -0.347. The second-order valence-corrected chi connectivity index (χ2v) is 5.50. The van der Waals surface area contributed by atoms with Crippen LogP contribution in [0.5, 0.6) is 0 Å². The highest BCUT2D eigenvalue weighted by Gasteiger charge is 2.72. The van der Waals surface area contributed by atoms with Crippen LogP contribution in [0.1, 0.15) is 18.1 Å². The summed E-state index contributed by atoms with van der Waals surface area (Å²) in [6.07, 6.45) is -16.8. The Balaban J connectivity index is 2.24. The normalized spacial score (nSPS) is 14.4. The van der Waals surface area contributed by atoms with E-state index in [1.54, 1.807) is 30.3 Å². The van der Waals surface area contributed by atoms with Crippen molar-refractivity contribution in [1.82, 2.24) is 0 Å². The minimum Gasteiger partial charge on any atom is -0.388 e. The zero-order valence-electron chi connectivity index (χ0n) is 12.6. The van der Waals surface area contributed by atoms with Gasteiger partial charge in [-0.05, 0) is 16.7 Å². The smallest absolute Gasteiger partial charge is 0.388 e. The minimum absolute atomic E-state index is 0.241. The Morgan fingerprint density at radius 2 is 1.12 bits per heavy atom. The van der Waals surface area contributed by atoms with Gasteiger partial charge in [-0.3, -0.25) is 0 Å². The number of hydrogen-bond donors (Lipinski definition) is 1. The van der Waals surface area contributed by atoms with Gasteiger partial charge in [0.1, 0.15) is 0 Å². The Bertz CT molecular complexity index is 676. The molecule has 8 heteroatoms. The van der Waals surface area contributed by atoms with Crippen molar-refractivity contribution in [3.63, 3.8) is 0 Å². The van der Waals surface area contributed by atoms with Crippen molar-refractivity contribution in [2.45, 2.75) is 30.5 Å². The molecule has 0 amide bonds. The van der Waals surface area contributed by atoms with Gasteiger partial charge in [0.25, 0.3) is 0 Å². The standard InChI is InChI=1S/C17H13F7O/c18-15(16(19,20)21,17(22,23)24)10-14(25)13-8-6-12(7-9-13)11-4-2-1-3-5-11/h1-9,14,25H,10H2. The van der Waals surface area contributed by atoms with Gasteiger partial charge in [0, 0.05) is 6.42 Å². The molecule has 0 aliphatic carbocycles. The van der Waals surface area contributed by atoms with Crippen molar-refractivity contribution in [2.24, 2.45) is 0 Å². The second-order valence-electron chi connectivity index (χ2n) is 5.50. The van der Waals surface area contributed by atoms with Crippen LogP contribution in [0, 0.1) is 0 Å². The molecule has 1 nitrogen and oxygen atoms in total. The van der Waals surface area contributed by atoms with E-state index in [1.807, 2.05) is 0 Å². The third-order valence-corrected chi connectivity index (χ3v) is 3.78. The number of aliphatic hydroxyl groups excluding tert-OH is 1. The van der Waals surface area contributed by atoms with Crippen molar-refractivity contribution in [3.8, 4) is 11.1 Å². The van der Waals surface area contributed by atoms with Gasteiger partial charge >= 0.3 is 18.0 Å². The van der Waals surface area contributed by atoms with Crippen molar-refractivity contribution in [1.29, 1.82) is 0 Å². The van der Waals surface area contributed by atoms with Crippen LogP contribution in [0.4, 0.5) is 30.7 Å². The summed E-state index contributed by atoms with van der Waals surface area (Å²) >= 11 is 0. The van der Waals surface area contributed by atoms with E-state index < -0.39 is 30.5 Å². The van der Waals surface area contributed by atoms with Gasteiger partial charge in [-0.25, -0.2) is 4.39 Å². The van der Waals surface area contributed by atoms with Gasteiger partial charge in [-0.2, -0.15) is 26.3 Å². The summed E-state index contributed by atoms with van der Waals surface area (Å²) in [4.78, 5) is 0. The summed E-state index contributed by atoms with van der Waals surface area (Å²) in [5, 5.41) is 9.70. The van der Waals surface area contributed by atoms with E-state index in [9.17, 15) is 35.8 Å². The lowest BCUT2D eigenvalue weighted by Crippen LogP contribution is -2.54. The predicted molar refractivity (Wildman–Crippen MR) is 77.4 cm³/mol. The Labute approximate surface area is 138 Å². The van der Waals surface area contributed by atoms with Crippen LogP contribution in [0.25, 0.3) is 11.1 Å². The molecule has 0 bridgehead atoms. The van der Waals surface area contributed by atoms with Crippen LogP contribution >= 0.6 is 0 Å². The molecule has 0 aliphatic heterocycles. The van der Waals surface area contributed by atoms with Crippen LogP contribution in [-0.2, 0) is 0 Å². The van der Waals surface area contributed by atoms with Crippen molar-refractivity contribution < 1.29 is 35.8 Å². The SMILES string of the molecule is OC(CC(F)(C(F)(F)F)C(F)(F)F)c1ccc(-c2ccccc2)cc1. The molecule has 0 saturated carbocycles. The van der Waals surface area contributed by atoms with E-state index >= 15 is 0 Å². The van der Waals surface area contributed by atoms with Crippen molar-refractivity contribution >= 4 is 0 Å². The molecule has 136 valence electrons. The first kappa shape index (κ1) is 19.2. The number of benzene rings is 2. The second kappa shape index (κ2) is 6.67. The monoisotopic (exact) mass is 366 g/mol. The molecule has 0 heterocycles. The lowest BCUT2D eigenvalue weighted by atomic mass is 9.92. The van der Waals surface area contributed by atoms with Crippen LogP contribution in [-0.4, -0.2) is 23.1 Å². The van der Waals surface area contributed by atoms with Crippen LogP contribution in [0.3, 0.4) is 0 Å². The third-order valence-electron chi connectivity index (χ3n) is 3.78. The van der Waals surface area contributed by atoms with Gasteiger partial charge in [0.15, 0.2) is 0 Å². The molecule has 0 aromatic heterocycles. The summed E-state index contributed by atoms with van der Waals surface area (Å²) in [5.74, 6) is 0. The highest BCUT2D eigenvalue weighted by molar-refractivity contribution is 5.63. The van der Waals surface area contributed by atoms with Gasteiger partial charge in [0.2, 0.25) is 0 Å². The molecule has 0 aliphatic rings. The van der Waals surface area contributed by atoms with Crippen LogP contribution in [0.15, 0.2) is 54.6 Å². The Hall–Kier alpha value is -2.09. The molecule has 25 heavy (non-hydrogen) atoms. The van der Waals surface area contributed by atoms with Crippen LogP contribution < -0.4 is 0 Å². The number of halogens is 7. The quantitative estimate of drug-likeness (QED) is 0.698. The molecule has 2 aromatic carbocycles. The van der Waals surface area contributed by atoms with Gasteiger partial charge in [-0.1, -0.05) is 54.6 Å². The topological polar surface area (TPSA) is 20.2 Å². The molecule has 0 saturated heterocycles. The fourth-order valence-corrected chi connectivity index (χ4v) is 2.30. The highest BCUT2D eigenvalue weighted by Crippen LogP contribution is 2.50. The number of aliphatic hydroxyl groups is 1. The first-order chi connectivity index (χ1) is 11.5. The summed E-state index contributed by atoms with van der Waals surface area (Å²) in [6.45, 7) is 0. The number of hydrogen-bond acceptors (Lipinski definition) is 1. The fraction of sp³-hybridized carbons (Fsp3) is 0.294. The molecule has 1 N–H and O–H groups in total. The summed E-state index contributed by atoms with van der Waals surface area (Å²) < 4.78 is 89.0. The largest absolute Gasteiger partial charge is 0.431 e. The summed E-state index contributed by atoms with van der Waals surface area (Å²) in [5.41, 5.74) is -4.31. The first-order valence-corrected chi connectivity index (χ1v) is 7.11. The average Bonchev–Trinajstić information content (AvgIpc) is 2.53. The van der Waals surface area contributed by atoms with E-state index in [4.69, 9.17) is 0 Å². The molecule has 0 fully saturated rings. The van der Waals surface area contributed by atoms with E-state index in [-0.39, 0.29) is 5.56 Å². The molecule has 1 unspecified atom stereocenters. The molecule has 0 radical (unpaired) electrons. The molecule has 1 atom stereocenters. The van der Waals surface area contributed by atoms with Gasteiger partial charge in [0.05, 0.1) is 6.10 Å². The Kier molecular flexibility index (Phi) is 5.13. The van der Waals surface area contributed by atoms with E-state index in [0.29, 0.717) is 5.56 Å². The molecule has 0 spiro atoms.